The molecule has 1 aromatic carbocycles. The summed E-state index contributed by atoms with van der Waals surface area (Å²) < 4.78 is 0. The van der Waals surface area contributed by atoms with Gasteiger partial charge in [0.15, 0.2) is 5.82 Å². The molecule has 2 rings (SSSR count). The first kappa shape index (κ1) is 13.4. The fraction of sp³-hybridized carbons (Fsp3) is 0.0833. The van der Waals surface area contributed by atoms with Gasteiger partial charge in [-0.05, 0) is 36.7 Å². The summed E-state index contributed by atoms with van der Waals surface area (Å²) in [4.78, 5) is 7.95. The summed E-state index contributed by atoms with van der Waals surface area (Å²) in [5.41, 5.74) is 7.89. The van der Waals surface area contributed by atoms with E-state index in [0.717, 1.165) is 0 Å². The molecule has 1 heterocycles. The Hall–Kier alpha value is -2.03. The highest BCUT2D eigenvalue weighted by Crippen LogP contribution is 2.29. The van der Waals surface area contributed by atoms with Gasteiger partial charge in [0.05, 0.1) is 33.7 Å². The lowest BCUT2D eigenvalue weighted by Crippen LogP contribution is -2.04. The number of nitriles is 1. The zero-order valence-electron chi connectivity index (χ0n) is 9.91. The maximum absolute atomic E-state index is 8.77. The first-order valence-corrected chi connectivity index (χ1v) is 6.03. The summed E-state index contributed by atoms with van der Waals surface area (Å²) >= 11 is 11.8. The minimum absolute atomic E-state index is 0.0963. The quantitative estimate of drug-likeness (QED) is 0.830. The van der Waals surface area contributed by atoms with E-state index in [9.17, 15) is 0 Å². The van der Waals surface area contributed by atoms with E-state index in [-0.39, 0.29) is 5.28 Å². The van der Waals surface area contributed by atoms with Crippen LogP contribution < -0.4 is 11.1 Å². The summed E-state index contributed by atoms with van der Waals surface area (Å²) in [6.07, 6.45) is 0. The van der Waals surface area contributed by atoms with Crippen LogP contribution in [0.3, 0.4) is 0 Å². The minimum atomic E-state index is 0.0963. The third kappa shape index (κ3) is 2.87. The van der Waals surface area contributed by atoms with Crippen molar-refractivity contribution in [2.24, 2.45) is 0 Å². The normalized spacial score (nSPS) is 10.0. The molecule has 0 atom stereocenters. The molecule has 1 aromatic heterocycles. The Morgan fingerprint density at radius 3 is 2.68 bits per heavy atom. The van der Waals surface area contributed by atoms with Crippen molar-refractivity contribution < 1.29 is 0 Å². The van der Waals surface area contributed by atoms with E-state index in [1.807, 2.05) is 6.07 Å². The first-order valence-electron chi connectivity index (χ1n) is 5.27. The number of rotatable bonds is 2. The average molecular weight is 294 g/mol. The van der Waals surface area contributed by atoms with Gasteiger partial charge in [0.25, 0.3) is 0 Å². The van der Waals surface area contributed by atoms with Crippen molar-refractivity contribution in [1.82, 2.24) is 9.97 Å². The number of hydrogen-bond acceptors (Lipinski definition) is 5. The molecular weight excluding hydrogens is 285 g/mol. The number of nitrogens with two attached hydrogens (primary N) is 1. The predicted molar refractivity (Wildman–Crippen MR) is 75.6 cm³/mol. The van der Waals surface area contributed by atoms with Crippen molar-refractivity contribution in [1.29, 1.82) is 5.26 Å². The Morgan fingerprint density at radius 1 is 1.32 bits per heavy atom. The van der Waals surface area contributed by atoms with E-state index in [1.165, 1.54) is 0 Å². The molecule has 0 aliphatic rings. The second kappa shape index (κ2) is 5.31. The molecule has 0 unspecified atom stereocenters. The Bertz CT molecular complexity index is 679. The number of hydrogen-bond donors (Lipinski definition) is 2. The van der Waals surface area contributed by atoms with Crippen molar-refractivity contribution in [3.05, 3.63) is 39.8 Å². The lowest BCUT2D eigenvalue weighted by Gasteiger charge is -2.11. The van der Waals surface area contributed by atoms with Gasteiger partial charge < -0.3 is 11.1 Å². The lowest BCUT2D eigenvalue weighted by molar-refractivity contribution is 1.11. The van der Waals surface area contributed by atoms with Gasteiger partial charge in [-0.2, -0.15) is 10.2 Å². The molecule has 0 aliphatic carbocycles. The fourth-order valence-electron chi connectivity index (χ4n) is 1.46. The largest absolute Gasteiger partial charge is 0.394 e. The summed E-state index contributed by atoms with van der Waals surface area (Å²) in [5, 5.41) is 12.2. The summed E-state index contributed by atoms with van der Waals surface area (Å²) in [5.74, 6) is 0.379. The van der Waals surface area contributed by atoms with Crippen LogP contribution in [-0.4, -0.2) is 9.97 Å². The van der Waals surface area contributed by atoms with Crippen LogP contribution in [0.2, 0.25) is 10.3 Å². The van der Waals surface area contributed by atoms with Crippen LogP contribution in [0.1, 0.15) is 11.3 Å². The van der Waals surface area contributed by atoms with E-state index in [4.69, 9.17) is 34.2 Å². The zero-order chi connectivity index (χ0) is 14.0. The number of halogens is 2. The molecular formula is C12H9Cl2N5. The third-order valence-electron chi connectivity index (χ3n) is 2.46. The first-order chi connectivity index (χ1) is 9.01. The van der Waals surface area contributed by atoms with Crippen LogP contribution >= 0.6 is 23.2 Å². The van der Waals surface area contributed by atoms with Crippen molar-refractivity contribution in [3.63, 3.8) is 0 Å². The molecule has 2 aromatic rings. The van der Waals surface area contributed by atoms with E-state index in [1.54, 1.807) is 25.1 Å². The Kier molecular flexibility index (Phi) is 3.74. The molecule has 0 spiro atoms. The molecule has 0 saturated heterocycles. The van der Waals surface area contributed by atoms with E-state index in [2.05, 4.69) is 15.3 Å². The molecule has 19 heavy (non-hydrogen) atoms. The third-order valence-corrected chi connectivity index (χ3v) is 2.94. The van der Waals surface area contributed by atoms with Crippen LogP contribution in [0.5, 0.6) is 0 Å². The van der Waals surface area contributed by atoms with Crippen molar-refractivity contribution in [2.75, 3.05) is 11.1 Å². The Morgan fingerprint density at radius 2 is 2.05 bits per heavy atom. The molecule has 5 nitrogen and oxygen atoms in total. The Labute approximate surface area is 120 Å². The highest BCUT2D eigenvalue weighted by molar-refractivity contribution is 6.33. The molecule has 0 amide bonds. The average Bonchev–Trinajstić information content (AvgIpc) is 2.37. The minimum Gasteiger partial charge on any atom is -0.394 e. The molecule has 0 saturated carbocycles. The molecule has 0 fully saturated rings. The zero-order valence-corrected chi connectivity index (χ0v) is 11.4. The van der Waals surface area contributed by atoms with Crippen molar-refractivity contribution in [2.45, 2.75) is 6.92 Å². The molecule has 3 N–H and O–H groups in total. The number of anilines is 3. The monoisotopic (exact) mass is 293 g/mol. The maximum atomic E-state index is 8.77. The van der Waals surface area contributed by atoms with Crippen LogP contribution in [0, 0.1) is 18.3 Å². The van der Waals surface area contributed by atoms with Gasteiger partial charge in [-0.1, -0.05) is 11.6 Å². The van der Waals surface area contributed by atoms with Crippen LogP contribution in [-0.2, 0) is 0 Å². The lowest BCUT2D eigenvalue weighted by atomic mass is 10.2. The Balaban J connectivity index is 2.39. The van der Waals surface area contributed by atoms with Gasteiger partial charge in [0, 0.05) is 0 Å². The van der Waals surface area contributed by atoms with Crippen LogP contribution in [0.25, 0.3) is 0 Å². The molecule has 0 bridgehead atoms. The van der Waals surface area contributed by atoms with Crippen molar-refractivity contribution in [3.8, 4) is 6.07 Å². The summed E-state index contributed by atoms with van der Waals surface area (Å²) in [6, 6.07) is 6.87. The van der Waals surface area contributed by atoms with E-state index in [0.29, 0.717) is 33.5 Å². The second-order valence-electron chi connectivity index (χ2n) is 3.77. The highest BCUT2D eigenvalue weighted by atomic mass is 35.5. The fourth-order valence-corrected chi connectivity index (χ4v) is 1.90. The molecule has 0 aliphatic heterocycles. The SMILES string of the molecule is Cc1nc(Cl)nc(Nc2ccc(C#N)cc2Cl)c1N. The molecule has 96 valence electrons. The van der Waals surface area contributed by atoms with Gasteiger partial charge in [0.1, 0.15) is 0 Å². The smallest absolute Gasteiger partial charge is 0.224 e. The number of nitrogens with zero attached hydrogens (tertiary/aromatic N) is 3. The summed E-state index contributed by atoms with van der Waals surface area (Å²) in [6.45, 7) is 1.73. The highest BCUT2D eigenvalue weighted by Gasteiger charge is 2.10. The van der Waals surface area contributed by atoms with E-state index >= 15 is 0 Å². The summed E-state index contributed by atoms with van der Waals surface area (Å²) in [7, 11) is 0. The van der Waals surface area contributed by atoms with Gasteiger partial charge in [-0.25, -0.2) is 4.98 Å². The predicted octanol–water partition coefficient (Wildman–Crippen LogP) is 3.29. The van der Waals surface area contributed by atoms with Gasteiger partial charge in [0.2, 0.25) is 5.28 Å². The van der Waals surface area contributed by atoms with Gasteiger partial charge in [-0.3, -0.25) is 0 Å². The number of aryl methyl sites for hydroxylation is 1. The standard InChI is InChI=1S/C12H9Cl2N5/c1-6-10(16)11(19-12(14)17-6)18-9-3-2-7(5-15)4-8(9)13/h2-4H,16H2,1H3,(H,17,18,19). The number of benzene rings is 1. The van der Waals surface area contributed by atoms with Gasteiger partial charge in [-0.15, -0.1) is 0 Å². The number of nitrogens with one attached hydrogen (secondary N) is 1. The van der Waals surface area contributed by atoms with E-state index < -0.39 is 0 Å². The topological polar surface area (TPSA) is 87.6 Å². The molecule has 7 heteroatoms. The van der Waals surface area contributed by atoms with Crippen molar-refractivity contribution >= 4 is 40.4 Å². The second-order valence-corrected chi connectivity index (χ2v) is 4.52. The van der Waals surface area contributed by atoms with Gasteiger partial charge >= 0.3 is 0 Å². The number of aromatic nitrogens is 2. The molecule has 0 radical (unpaired) electrons. The number of nitrogen functional groups attached to an aromatic ring is 1. The van der Waals surface area contributed by atoms with Crippen LogP contribution in [0.4, 0.5) is 17.2 Å². The van der Waals surface area contributed by atoms with Crippen LogP contribution in [0.15, 0.2) is 18.2 Å². The maximum Gasteiger partial charge on any atom is 0.224 e.